The van der Waals surface area contributed by atoms with Gasteiger partial charge in [0.15, 0.2) is 0 Å². The van der Waals surface area contributed by atoms with E-state index in [0.29, 0.717) is 19.3 Å². The van der Waals surface area contributed by atoms with E-state index in [1.54, 1.807) is 10.6 Å². The minimum absolute atomic E-state index is 0.0482. The number of halogens is 6. The molecule has 2 amide bonds. The van der Waals surface area contributed by atoms with E-state index in [0.717, 1.165) is 0 Å². The number of amides is 2. The summed E-state index contributed by atoms with van der Waals surface area (Å²) >= 11 is 0. The Hall–Kier alpha value is -1.48. The van der Waals surface area contributed by atoms with Crippen molar-refractivity contribution in [2.24, 2.45) is 11.8 Å². The van der Waals surface area contributed by atoms with Gasteiger partial charge in [-0.05, 0) is 19.3 Å². The normalized spacial score (nSPS) is 23.0. The molecular formula is C12H16F6N2O2. The fourth-order valence-corrected chi connectivity index (χ4v) is 2.33. The molecule has 0 spiro atoms. The van der Waals surface area contributed by atoms with E-state index in [4.69, 9.17) is 0 Å². The van der Waals surface area contributed by atoms with Crippen LogP contribution >= 0.6 is 0 Å². The minimum atomic E-state index is -4.53. The molecule has 1 aliphatic rings. The van der Waals surface area contributed by atoms with Crippen molar-refractivity contribution >= 4 is 11.8 Å². The molecule has 0 aliphatic heterocycles. The highest BCUT2D eigenvalue weighted by atomic mass is 19.4. The summed E-state index contributed by atoms with van der Waals surface area (Å²) in [6.45, 7) is -2.93. The van der Waals surface area contributed by atoms with Crippen molar-refractivity contribution in [2.45, 2.75) is 38.0 Å². The maximum atomic E-state index is 12.0. The summed E-state index contributed by atoms with van der Waals surface area (Å²) in [5.74, 6) is -3.24. The Kier molecular flexibility index (Phi) is 6.07. The summed E-state index contributed by atoms with van der Waals surface area (Å²) in [7, 11) is 0. The molecule has 22 heavy (non-hydrogen) atoms. The zero-order chi connectivity index (χ0) is 17.0. The molecule has 0 aromatic carbocycles. The van der Waals surface area contributed by atoms with Crippen LogP contribution < -0.4 is 10.6 Å². The van der Waals surface area contributed by atoms with Crippen LogP contribution in [-0.4, -0.2) is 37.3 Å². The van der Waals surface area contributed by atoms with Gasteiger partial charge in [0.1, 0.15) is 13.1 Å². The number of nitrogens with one attached hydrogen (secondary N) is 2. The second-order valence-electron chi connectivity index (χ2n) is 5.23. The van der Waals surface area contributed by atoms with Crippen molar-refractivity contribution in [1.82, 2.24) is 10.6 Å². The van der Waals surface area contributed by atoms with Crippen molar-refractivity contribution in [3.05, 3.63) is 0 Å². The lowest BCUT2D eigenvalue weighted by Crippen LogP contribution is -2.43. The first kappa shape index (κ1) is 18.6. The summed E-state index contributed by atoms with van der Waals surface area (Å²) < 4.78 is 72.1. The van der Waals surface area contributed by atoms with Gasteiger partial charge in [0.2, 0.25) is 11.8 Å². The molecule has 1 saturated carbocycles. The molecule has 4 nitrogen and oxygen atoms in total. The molecule has 0 heterocycles. The number of carbonyl (C=O) groups is 2. The molecule has 0 aromatic rings. The lowest BCUT2D eigenvalue weighted by Gasteiger charge is -2.27. The van der Waals surface area contributed by atoms with Gasteiger partial charge >= 0.3 is 12.4 Å². The first-order valence-electron chi connectivity index (χ1n) is 6.67. The highest BCUT2D eigenvalue weighted by Crippen LogP contribution is 2.29. The van der Waals surface area contributed by atoms with Crippen LogP contribution in [0.3, 0.4) is 0 Å². The van der Waals surface area contributed by atoms with Crippen LogP contribution in [0.2, 0.25) is 0 Å². The van der Waals surface area contributed by atoms with Crippen molar-refractivity contribution in [1.29, 1.82) is 0 Å². The van der Waals surface area contributed by atoms with Gasteiger partial charge in [0.05, 0.1) is 0 Å². The molecule has 2 N–H and O–H groups in total. The Labute approximate surface area is 122 Å². The van der Waals surface area contributed by atoms with Crippen LogP contribution in [-0.2, 0) is 9.59 Å². The third-order valence-electron chi connectivity index (χ3n) is 3.34. The molecule has 1 fully saturated rings. The molecule has 10 heteroatoms. The molecule has 0 saturated heterocycles. The van der Waals surface area contributed by atoms with E-state index in [1.165, 1.54) is 0 Å². The van der Waals surface area contributed by atoms with Crippen LogP contribution in [0.5, 0.6) is 0 Å². The highest BCUT2D eigenvalue weighted by molar-refractivity contribution is 5.82. The van der Waals surface area contributed by atoms with Gasteiger partial charge in [-0.25, -0.2) is 0 Å². The second kappa shape index (κ2) is 7.19. The Morgan fingerprint density at radius 1 is 0.818 bits per heavy atom. The van der Waals surface area contributed by atoms with E-state index < -0.39 is 49.1 Å². The largest absolute Gasteiger partial charge is 0.405 e. The lowest BCUT2D eigenvalue weighted by atomic mass is 9.80. The van der Waals surface area contributed by atoms with Crippen LogP contribution in [0.15, 0.2) is 0 Å². The van der Waals surface area contributed by atoms with Gasteiger partial charge in [0.25, 0.3) is 0 Å². The SMILES string of the molecule is O=C(NCC(F)(F)F)[C@@H]1CCC[C@H](C(=O)NCC(F)(F)F)C1. The first-order chi connectivity index (χ1) is 9.98. The van der Waals surface area contributed by atoms with Crippen molar-refractivity contribution in [3.63, 3.8) is 0 Å². The minimum Gasteiger partial charge on any atom is -0.347 e. The van der Waals surface area contributed by atoms with Crippen LogP contribution in [0.4, 0.5) is 26.3 Å². The summed E-state index contributed by atoms with van der Waals surface area (Å²) in [5, 5.41) is 3.46. The molecule has 0 unspecified atom stereocenters. The number of rotatable bonds is 4. The molecule has 0 aromatic heterocycles. The monoisotopic (exact) mass is 334 g/mol. The summed E-state index contributed by atoms with van der Waals surface area (Å²) in [4.78, 5) is 23.2. The van der Waals surface area contributed by atoms with Gasteiger partial charge in [-0.15, -0.1) is 0 Å². The average molecular weight is 334 g/mol. The number of hydrogen-bond donors (Lipinski definition) is 2. The average Bonchev–Trinajstić information content (AvgIpc) is 2.40. The van der Waals surface area contributed by atoms with Gasteiger partial charge in [0, 0.05) is 11.8 Å². The predicted octanol–water partition coefficient (Wildman–Crippen LogP) is 2.15. The Morgan fingerprint density at radius 2 is 1.18 bits per heavy atom. The third-order valence-corrected chi connectivity index (χ3v) is 3.34. The Morgan fingerprint density at radius 3 is 1.50 bits per heavy atom. The number of hydrogen-bond acceptors (Lipinski definition) is 2. The fourth-order valence-electron chi connectivity index (χ4n) is 2.33. The quantitative estimate of drug-likeness (QED) is 0.774. The zero-order valence-electron chi connectivity index (χ0n) is 11.5. The van der Waals surface area contributed by atoms with E-state index in [1.807, 2.05) is 0 Å². The molecule has 2 atom stereocenters. The van der Waals surface area contributed by atoms with Gasteiger partial charge in [-0.2, -0.15) is 26.3 Å². The van der Waals surface area contributed by atoms with Gasteiger partial charge in [-0.1, -0.05) is 6.42 Å². The molecule has 1 aliphatic carbocycles. The van der Waals surface area contributed by atoms with Gasteiger partial charge < -0.3 is 10.6 Å². The lowest BCUT2D eigenvalue weighted by molar-refractivity contribution is -0.144. The molecule has 128 valence electrons. The molecular weight excluding hydrogens is 318 g/mol. The highest BCUT2D eigenvalue weighted by Gasteiger charge is 2.35. The number of alkyl halides is 6. The second-order valence-corrected chi connectivity index (χ2v) is 5.23. The summed E-state index contributed by atoms with van der Waals surface area (Å²) in [5.41, 5.74) is 0. The Balaban J connectivity index is 2.46. The van der Waals surface area contributed by atoms with Crippen molar-refractivity contribution in [3.8, 4) is 0 Å². The van der Waals surface area contributed by atoms with Crippen LogP contribution in [0.1, 0.15) is 25.7 Å². The molecule has 1 rings (SSSR count). The summed E-state index contributed by atoms with van der Waals surface area (Å²) in [6.07, 6.45) is -8.09. The van der Waals surface area contributed by atoms with E-state index >= 15 is 0 Å². The smallest absolute Gasteiger partial charge is 0.347 e. The zero-order valence-corrected chi connectivity index (χ0v) is 11.5. The maximum Gasteiger partial charge on any atom is 0.405 e. The van der Waals surface area contributed by atoms with Crippen molar-refractivity contribution in [2.75, 3.05) is 13.1 Å². The van der Waals surface area contributed by atoms with E-state index in [-0.39, 0.29) is 6.42 Å². The third kappa shape index (κ3) is 6.99. The Bertz CT molecular complexity index is 371. The fraction of sp³-hybridized carbons (Fsp3) is 0.833. The topological polar surface area (TPSA) is 58.2 Å². The van der Waals surface area contributed by atoms with Gasteiger partial charge in [-0.3, -0.25) is 9.59 Å². The van der Waals surface area contributed by atoms with Crippen molar-refractivity contribution < 1.29 is 35.9 Å². The first-order valence-corrected chi connectivity index (χ1v) is 6.67. The maximum absolute atomic E-state index is 12.0. The molecule has 0 bridgehead atoms. The standard InChI is InChI=1S/C12H16F6N2O2/c13-11(14,15)5-19-9(21)7-2-1-3-8(4-7)10(22)20-6-12(16,17)18/h7-8H,1-6H2,(H,19,21)(H,20,22)/t7-,8+. The predicted molar refractivity (Wildman–Crippen MR) is 63.6 cm³/mol. The van der Waals surface area contributed by atoms with Crippen LogP contribution in [0.25, 0.3) is 0 Å². The molecule has 0 radical (unpaired) electrons. The van der Waals surface area contributed by atoms with Crippen LogP contribution in [0, 0.1) is 11.8 Å². The van der Waals surface area contributed by atoms with E-state index in [9.17, 15) is 35.9 Å². The summed E-state index contributed by atoms with van der Waals surface area (Å²) in [6, 6.07) is 0. The number of carbonyl (C=O) groups excluding carboxylic acids is 2. The van der Waals surface area contributed by atoms with E-state index in [2.05, 4.69) is 0 Å².